The van der Waals surface area contributed by atoms with E-state index in [0.29, 0.717) is 21.3 Å². The Kier molecular flexibility index (Phi) is 5.95. The number of furan rings is 1. The van der Waals surface area contributed by atoms with Crippen molar-refractivity contribution in [2.75, 3.05) is 5.32 Å². The fourth-order valence-corrected chi connectivity index (χ4v) is 1.94. The summed E-state index contributed by atoms with van der Waals surface area (Å²) in [5.74, 6) is -0.360. The molecule has 0 aliphatic rings. The molecule has 2 aromatic heterocycles. The molecule has 0 saturated carbocycles. The molecule has 0 unspecified atom stereocenters. The lowest BCUT2D eigenvalue weighted by Gasteiger charge is -2.11. The van der Waals surface area contributed by atoms with Crippen LogP contribution >= 0.6 is 27.5 Å². The Morgan fingerprint density at radius 1 is 1.39 bits per heavy atom. The largest absolute Gasteiger partial charge is 0.450 e. The highest BCUT2D eigenvalue weighted by molar-refractivity contribution is 9.10. The van der Waals surface area contributed by atoms with Crippen LogP contribution in [0.15, 0.2) is 45.6 Å². The van der Waals surface area contributed by atoms with Gasteiger partial charge in [-0.15, -0.1) is 0 Å². The average Bonchev–Trinajstić information content (AvgIpc) is 2.93. The predicted molar refractivity (Wildman–Crippen MR) is 88.9 cm³/mol. The van der Waals surface area contributed by atoms with Crippen LogP contribution in [0.2, 0.25) is 5.02 Å². The van der Waals surface area contributed by atoms with E-state index in [4.69, 9.17) is 20.8 Å². The first-order valence-electron chi connectivity index (χ1n) is 6.50. The second kappa shape index (κ2) is 7.94. The van der Waals surface area contributed by atoms with Gasteiger partial charge in [0.05, 0.1) is 5.02 Å². The zero-order valence-corrected chi connectivity index (χ0v) is 14.3. The zero-order valence-electron chi connectivity index (χ0n) is 12.0. The fraction of sp³-hybridized carbons (Fsp3) is 0.133. The van der Waals surface area contributed by atoms with Gasteiger partial charge in [0, 0.05) is 12.3 Å². The number of pyridine rings is 1. The number of amides is 1. The van der Waals surface area contributed by atoms with Gasteiger partial charge in [-0.05, 0) is 53.2 Å². The first kappa shape index (κ1) is 17.2. The van der Waals surface area contributed by atoms with Gasteiger partial charge in [-0.1, -0.05) is 11.6 Å². The molecule has 2 heterocycles. The van der Waals surface area contributed by atoms with Crippen molar-refractivity contribution >= 4 is 51.3 Å². The molecule has 0 spiro atoms. The van der Waals surface area contributed by atoms with Crippen molar-refractivity contribution in [3.8, 4) is 0 Å². The number of esters is 1. The maximum atomic E-state index is 11.9. The Balaban J connectivity index is 1.86. The van der Waals surface area contributed by atoms with E-state index in [1.54, 1.807) is 24.3 Å². The third kappa shape index (κ3) is 5.54. The molecule has 0 saturated heterocycles. The van der Waals surface area contributed by atoms with Gasteiger partial charge in [0.2, 0.25) is 0 Å². The van der Waals surface area contributed by atoms with Gasteiger partial charge in [-0.25, -0.2) is 9.78 Å². The summed E-state index contributed by atoms with van der Waals surface area (Å²) in [6, 6.07) is 6.50. The minimum atomic E-state index is -0.979. The molecule has 0 aromatic carbocycles. The number of halogens is 2. The second-order valence-electron chi connectivity index (χ2n) is 4.41. The molecule has 0 bridgehead atoms. The Morgan fingerprint density at radius 3 is 2.78 bits per heavy atom. The van der Waals surface area contributed by atoms with Crippen molar-refractivity contribution in [3.63, 3.8) is 0 Å². The van der Waals surface area contributed by atoms with Crippen molar-refractivity contribution in [2.24, 2.45) is 0 Å². The van der Waals surface area contributed by atoms with Crippen LogP contribution in [0.5, 0.6) is 0 Å². The molecule has 8 heteroatoms. The molecule has 6 nitrogen and oxygen atoms in total. The summed E-state index contributed by atoms with van der Waals surface area (Å²) in [6.07, 6.45) is 3.04. The number of nitrogens with one attached hydrogen (secondary N) is 1. The van der Waals surface area contributed by atoms with Crippen LogP contribution < -0.4 is 5.32 Å². The molecule has 1 amide bonds. The Hall–Kier alpha value is -2.12. The van der Waals surface area contributed by atoms with E-state index in [1.165, 1.54) is 25.3 Å². The SMILES string of the molecule is C[C@H](OC(=O)/C=C/c1ccc(Br)o1)C(=O)Nc1ccc(Cl)cn1. The van der Waals surface area contributed by atoms with Gasteiger partial charge >= 0.3 is 5.97 Å². The quantitative estimate of drug-likeness (QED) is 0.613. The molecule has 0 aliphatic heterocycles. The van der Waals surface area contributed by atoms with Crippen molar-refractivity contribution < 1.29 is 18.7 Å². The van der Waals surface area contributed by atoms with E-state index in [2.05, 4.69) is 26.2 Å². The van der Waals surface area contributed by atoms with E-state index < -0.39 is 18.0 Å². The highest BCUT2D eigenvalue weighted by Crippen LogP contribution is 2.15. The van der Waals surface area contributed by atoms with Crippen LogP contribution in [-0.4, -0.2) is 23.0 Å². The van der Waals surface area contributed by atoms with E-state index in [9.17, 15) is 9.59 Å². The number of rotatable bonds is 5. The highest BCUT2D eigenvalue weighted by Gasteiger charge is 2.17. The number of carbonyl (C=O) groups is 2. The molecular formula is C15H12BrClN2O4. The molecule has 2 rings (SSSR count). The first-order valence-corrected chi connectivity index (χ1v) is 7.67. The van der Waals surface area contributed by atoms with Gasteiger partial charge < -0.3 is 14.5 Å². The lowest BCUT2D eigenvalue weighted by molar-refractivity contribution is -0.148. The minimum Gasteiger partial charge on any atom is -0.450 e. The number of hydrogen-bond donors (Lipinski definition) is 1. The van der Waals surface area contributed by atoms with Gasteiger partial charge in [0.1, 0.15) is 11.6 Å². The summed E-state index contributed by atoms with van der Waals surface area (Å²) in [4.78, 5) is 27.5. The van der Waals surface area contributed by atoms with Crippen molar-refractivity contribution in [2.45, 2.75) is 13.0 Å². The lowest BCUT2D eigenvalue weighted by atomic mass is 10.3. The number of hydrogen-bond acceptors (Lipinski definition) is 5. The van der Waals surface area contributed by atoms with Gasteiger partial charge in [-0.2, -0.15) is 0 Å². The normalized spacial score (nSPS) is 12.1. The third-order valence-electron chi connectivity index (χ3n) is 2.62. The Morgan fingerprint density at radius 2 is 2.17 bits per heavy atom. The Bertz CT molecular complexity index is 727. The maximum absolute atomic E-state index is 11.9. The molecule has 1 N–H and O–H groups in total. The van der Waals surface area contributed by atoms with Crippen LogP contribution in [0.25, 0.3) is 6.08 Å². The standard InChI is InChI=1S/C15H12BrClN2O4/c1-9(15(21)19-13-6-2-10(17)8-18-13)22-14(20)7-4-11-3-5-12(16)23-11/h2-9H,1H3,(H,18,19,21)/b7-4+/t9-/m0/s1. The summed E-state index contributed by atoms with van der Waals surface area (Å²) in [6.45, 7) is 1.46. The van der Waals surface area contributed by atoms with Crippen LogP contribution in [0.3, 0.4) is 0 Å². The molecule has 0 fully saturated rings. The molecule has 23 heavy (non-hydrogen) atoms. The third-order valence-corrected chi connectivity index (χ3v) is 3.27. The molecular weight excluding hydrogens is 388 g/mol. The number of ether oxygens (including phenoxy) is 1. The van der Waals surface area contributed by atoms with Crippen molar-refractivity contribution in [3.05, 3.63) is 52.0 Å². The van der Waals surface area contributed by atoms with Crippen LogP contribution in [0.1, 0.15) is 12.7 Å². The fourth-order valence-electron chi connectivity index (χ4n) is 1.51. The van der Waals surface area contributed by atoms with E-state index >= 15 is 0 Å². The average molecular weight is 400 g/mol. The van der Waals surface area contributed by atoms with Crippen molar-refractivity contribution in [1.29, 1.82) is 0 Å². The second-order valence-corrected chi connectivity index (χ2v) is 5.62. The van der Waals surface area contributed by atoms with Crippen LogP contribution in [-0.2, 0) is 14.3 Å². The predicted octanol–water partition coefficient (Wildman–Crippen LogP) is 3.67. The molecule has 0 radical (unpaired) electrons. The zero-order chi connectivity index (χ0) is 16.8. The summed E-state index contributed by atoms with van der Waals surface area (Å²) in [5, 5.41) is 2.97. The summed E-state index contributed by atoms with van der Waals surface area (Å²) in [7, 11) is 0. The van der Waals surface area contributed by atoms with Gasteiger partial charge in [0.25, 0.3) is 5.91 Å². The molecule has 0 aliphatic carbocycles. The smallest absolute Gasteiger partial charge is 0.331 e. The van der Waals surface area contributed by atoms with Crippen molar-refractivity contribution in [1.82, 2.24) is 4.98 Å². The summed E-state index contributed by atoms with van der Waals surface area (Å²) >= 11 is 8.85. The molecule has 2 aromatic rings. The van der Waals surface area contributed by atoms with E-state index in [1.807, 2.05) is 0 Å². The minimum absolute atomic E-state index is 0.318. The maximum Gasteiger partial charge on any atom is 0.331 e. The number of nitrogens with zero attached hydrogens (tertiary/aromatic N) is 1. The Labute approximate surface area is 145 Å². The van der Waals surface area contributed by atoms with Gasteiger partial charge in [-0.3, -0.25) is 4.79 Å². The van der Waals surface area contributed by atoms with E-state index in [0.717, 1.165) is 0 Å². The molecule has 1 atom stereocenters. The first-order chi connectivity index (χ1) is 10.9. The van der Waals surface area contributed by atoms with Gasteiger partial charge in [0.15, 0.2) is 10.8 Å². The number of aromatic nitrogens is 1. The topological polar surface area (TPSA) is 81.4 Å². The lowest BCUT2D eigenvalue weighted by Crippen LogP contribution is -2.29. The number of carbonyl (C=O) groups excluding carboxylic acids is 2. The summed E-state index contributed by atoms with van der Waals surface area (Å²) in [5.41, 5.74) is 0. The highest BCUT2D eigenvalue weighted by atomic mass is 79.9. The monoisotopic (exact) mass is 398 g/mol. The van der Waals surface area contributed by atoms with E-state index in [-0.39, 0.29) is 0 Å². The van der Waals surface area contributed by atoms with Crippen LogP contribution in [0, 0.1) is 0 Å². The molecule has 120 valence electrons. The summed E-state index contributed by atoms with van der Waals surface area (Å²) < 4.78 is 10.7. The number of anilines is 1. The van der Waals surface area contributed by atoms with Crippen LogP contribution in [0.4, 0.5) is 5.82 Å².